The van der Waals surface area contributed by atoms with Crippen molar-refractivity contribution in [3.05, 3.63) is 35.5 Å². The molecule has 1 heterocycles. The largest absolute Gasteiger partial charge is 0.493 e. The highest BCUT2D eigenvalue weighted by Crippen LogP contribution is 2.27. The molecule has 0 spiro atoms. The minimum Gasteiger partial charge on any atom is -0.493 e. The van der Waals surface area contributed by atoms with E-state index in [1.54, 1.807) is 14.2 Å². The molecular formula is C20H30N4O2. The van der Waals surface area contributed by atoms with Gasteiger partial charge in [-0.1, -0.05) is 19.4 Å². The van der Waals surface area contributed by atoms with Crippen molar-refractivity contribution in [2.45, 2.75) is 33.1 Å². The number of ether oxygens (including phenoxy) is 2. The number of methoxy groups -OCH3 is 2. The van der Waals surface area contributed by atoms with Crippen molar-refractivity contribution in [1.82, 2.24) is 9.97 Å². The molecule has 0 aliphatic heterocycles. The minimum absolute atomic E-state index is 0.670. The maximum atomic E-state index is 5.36. The van der Waals surface area contributed by atoms with Gasteiger partial charge in [-0.05, 0) is 37.5 Å². The van der Waals surface area contributed by atoms with Crippen molar-refractivity contribution in [1.29, 1.82) is 0 Å². The van der Waals surface area contributed by atoms with E-state index in [0.717, 1.165) is 48.9 Å². The summed E-state index contributed by atoms with van der Waals surface area (Å²) in [4.78, 5) is 11.3. The number of rotatable bonds is 10. The standard InChI is InChI=1S/C20H30N4O2/c1-6-7-12-24(3)19-13-15(2)22-20(23-19)21-11-10-16-8-9-17(25-4)18(14-16)26-5/h8-9,13-14H,6-7,10-12H2,1-5H3,(H,21,22,23). The van der Waals surface area contributed by atoms with Crippen molar-refractivity contribution in [2.75, 3.05) is 44.6 Å². The summed E-state index contributed by atoms with van der Waals surface area (Å²) in [7, 11) is 5.37. The molecule has 6 nitrogen and oxygen atoms in total. The number of aromatic nitrogens is 2. The lowest BCUT2D eigenvalue weighted by Crippen LogP contribution is -2.21. The van der Waals surface area contributed by atoms with Gasteiger partial charge in [0.05, 0.1) is 14.2 Å². The summed E-state index contributed by atoms with van der Waals surface area (Å²) in [6.07, 6.45) is 3.17. The van der Waals surface area contributed by atoms with Crippen LogP contribution in [0.3, 0.4) is 0 Å². The molecule has 0 unspecified atom stereocenters. The minimum atomic E-state index is 0.670. The Labute approximate surface area is 156 Å². The highest BCUT2D eigenvalue weighted by atomic mass is 16.5. The molecule has 0 aliphatic carbocycles. The van der Waals surface area contributed by atoms with Crippen molar-refractivity contribution < 1.29 is 9.47 Å². The Morgan fingerprint density at radius 1 is 1.08 bits per heavy atom. The van der Waals surface area contributed by atoms with E-state index in [1.165, 1.54) is 12.0 Å². The first-order valence-corrected chi connectivity index (χ1v) is 9.09. The smallest absolute Gasteiger partial charge is 0.224 e. The van der Waals surface area contributed by atoms with Crippen molar-refractivity contribution in [3.63, 3.8) is 0 Å². The molecule has 6 heteroatoms. The SMILES string of the molecule is CCCCN(C)c1cc(C)nc(NCCc2ccc(OC)c(OC)c2)n1. The van der Waals surface area contributed by atoms with Crippen molar-refractivity contribution in [3.8, 4) is 11.5 Å². The van der Waals surface area contributed by atoms with Gasteiger partial charge in [0.2, 0.25) is 5.95 Å². The zero-order valence-electron chi connectivity index (χ0n) is 16.5. The van der Waals surface area contributed by atoms with Crippen molar-refractivity contribution in [2.24, 2.45) is 0 Å². The van der Waals surface area contributed by atoms with E-state index in [9.17, 15) is 0 Å². The second-order valence-corrected chi connectivity index (χ2v) is 6.33. The number of aryl methyl sites for hydroxylation is 1. The maximum absolute atomic E-state index is 5.36. The van der Waals surface area contributed by atoms with Crippen LogP contribution in [0.2, 0.25) is 0 Å². The summed E-state index contributed by atoms with van der Waals surface area (Å²) in [6, 6.07) is 8.00. The number of hydrogen-bond donors (Lipinski definition) is 1. The van der Waals surface area contributed by atoms with Gasteiger partial charge in [0, 0.05) is 31.9 Å². The molecule has 2 aromatic rings. The number of benzene rings is 1. The zero-order chi connectivity index (χ0) is 18.9. The van der Waals surface area contributed by atoms with Gasteiger partial charge in [-0.15, -0.1) is 0 Å². The number of nitrogens with one attached hydrogen (secondary N) is 1. The van der Waals surface area contributed by atoms with Gasteiger partial charge in [0.15, 0.2) is 11.5 Å². The third kappa shape index (κ3) is 5.51. The average molecular weight is 358 g/mol. The van der Waals surface area contributed by atoms with E-state index >= 15 is 0 Å². The van der Waals surface area contributed by atoms with E-state index in [1.807, 2.05) is 31.2 Å². The lowest BCUT2D eigenvalue weighted by atomic mass is 10.1. The summed E-state index contributed by atoms with van der Waals surface area (Å²) >= 11 is 0. The first kappa shape index (κ1) is 19.8. The molecular weight excluding hydrogens is 328 g/mol. The Bertz CT molecular complexity index is 706. The second-order valence-electron chi connectivity index (χ2n) is 6.33. The van der Waals surface area contributed by atoms with Crippen molar-refractivity contribution >= 4 is 11.8 Å². The fraction of sp³-hybridized carbons (Fsp3) is 0.500. The van der Waals surface area contributed by atoms with E-state index in [0.29, 0.717) is 5.95 Å². The molecule has 0 fully saturated rings. The van der Waals surface area contributed by atoms with Crippen LogP contribution in [0.5, 0.6) is 11.5 Å². The molecule has 1 N–H and O–H groups in total. The van der Waals surface area contributed by atoms with Gasteiger partial charge >= 0.3 is 0 Å². The van der Waals surface area contributed by atoms with Gasteiger partial charge in [-0.25, -0.2) is 4.98 Å². The molecule has 26 heavy (non-hydrogen) atoms. The lowest BCUT2D eigenvalue weighted by Gasteiger charge is -2.19. The Kier molecular flexibility index (Phi) is 7.51. The molecule has 0 radical (unpaired) electrons. The highest BCUT2D eigenvalue weighted by molar-refractivity contribution is 5.45. The Balaban J connectivity index is 1.98. The fourth-order valence-electron chi connectivity index (χ4n) is 2.69. The molecule has 142 valence electrons. The zero-order valence-corrected chi connectivity index (χ0v) is 16.5. The first-order valence-electron chi connectivity index (χ1n) is 9.09. The summed E-state index contributed by atoms with van der Waals surface area (Å²) in [5, 5.41) is 3.33. The Hall–Kier alpha value is -2.50. The average Bonchev–Trinajstić information content (AvgIpc) is 2.65. The third-order valence-electron chi connectivity index (χ3n) is 4.22. The Morgan fingerprint density at radius 2 is 1.85 bits per heavy atom. The second kappa shape index (κ2) is 9.85. The quantitative estimate of drug-likeness (QED) is 0.699. The third-order valence-corrected chi connectivity index (χ3v) is 4.22. The van der Waals surface area contributed by atoms with Gasteiger partial charge in [0.25, 0.3) is 0 Å². The molecule has 0 bridgehead atoms. The normalized spacial score (nSPS) is 10.5. The van der Waals surface area contributed by atoms with Crippen LogP contribution in [0.4, 0.5) is 11.8 Å². The topological polar surface area (TPSA) is 59.5 Å². The van der Waals surface area contributed by atoms with Crippen LogP contribution in [0.15, 0.2) is 24.3 Å². The molecule has 0 saturated carbocycles. The Morgan fingerprint density at radius 3 is 2.54 bits per heavy atom. The predicted octanol–water partition coefficient (Wildman–Crippen LogP) is 3.69. The number of hydrogen-bond acceptors (Lipinski definition) is 6. The van der Waals surface area contributed by atoms with E-state index in [4.69, 9.17) is 9.47 Å². The van der Waals surface area contributed by atoms with Crippen LogP contribution in [-0.4, -0.2) is 44.3 Å². The van der Waals surface area contributed by atoms with Crippen LogP contribution in [-0.2, 0) is 6.42 Å². The van der Waals surface area contributed by atoms with E-state index in [2.05, 4.69) is 34.2 Å². The van der Waals surface area contributed by atoms with Crippen LogP contribution < -0.4 is 19.7 Å². The van der Waals surface area contributed by atoms with Crippen LogP contribution in [0.1, 0.15) is 31.0 Å². The molecule has 2 rings (SSSR count). The van der Waals surface area contributed by atoms with Gasteiger partial charge in [0.1, 0.15) is 5.82 Å². The summed E-state index contributed by atoms with van der Waals surface area (Å²) < 4.78 is 10.6. The molecule has 0 amide bonds. The predicted molar refractivity (Wildman–Crippen MR) is 107 cm³/mol. The molecule has 0 aliphatic rings. The van der Waals surface area contributed by atoms with Gasteiger partial charge in [-0.3, -0.25) is 0 Å². The van der Waals surface area contributed by atoms with Gasteiger partial charge < -0.3 is 19.7 Å². The monoisotopic (exact) mass is 358 g/mol. The number of anilines is 2. The number of nitrogens with zero attached hydrogens (tertiary/aromatic N) is 3. The summed E-state index contributed by atoms with van der Waals surface area (Å²) in [5.74, 6) is 3.12. The van der Waals surface area contributed by atoms with Crippen LogP contribution in [0.25, 0.3) is 0 Å². The lowest BCUT2D eigenvalue weighted by molar-refractivity contribution is 0.354. The number of unbranched alkanes of at least 4 members (excludes halogenated alkanes) is 1. The van der Waals surface area contributed by atoms with Crippen LogP contribution >= 0.6 is 0 Å². The summed E-state index contributed by atoms with van der Waals surface area (Å²) in [5.41, 5.74) is 2.13. The van der Waals surface area contributed by atoms with E-state index in [-0.39, 0.29) is 0 Å². The van der Waals surface area contributed by atoms with E-state index < -0.39 is 0 Å². The van der Waals surface area contributed by atoms with Crippen LogP contribution in [0, 0.1) is 6.92 Å². The van der Waals surface area contributed by atoms with Gasteiger partial charge in [-0.2, -0.15) is 4.98 Å². The fourth-order valence-corrected chi connectivity index (χ4v) is 2.69. The summed E-state index contributed by atoms with van der Waals surface area (Å²) in [6.45, 7) is 5.94. The first-order chi connectivity index (χ1) is 12.6. The maximum Gasteiger partial charge on any atom is 0.224 e. The molecule has 0 atom stereocenters. The highest BCUT2D eigenvalue weighted by Gasteiger charge is 2.08. The molecule has 0 saturated heterocycles. The molecule has 1 aromatic carbocycles. The molecule has 1 aromatic heterocycles.